The molecule has 2 aromatic carbocycles. The Bertz CT molecular complexity index is 926. The molecule has 0 bridgehead atoms. The van der Waals surface area contributed by atoms with Crippen LogP contribution in [0.1, 0.15) is 16.9 Å². The van der Waals surface area contributed by atoms with E-state index in [-0.39, 0.29) is 5.91 Å². The number of hydrogen-bond donors (Lipinski definition) is 1. The molecule has 0 saturated carbocycles. The third kappa shape index (κ3) is 4.39. The fraction of sp³-hybridized carbons (Fsp3) is 0.0952. The first-order valence-corrected chi connectivity index (χ1v) is 9.02. The molecule has 0 unspecified atom stereocenters. The maximum absolute atomic E-state index is 12.2. The maximum atomic E-state index is 12.2. The van der Waals surface area contributed by atoms with Crippen LogP contribution in [0.2, 0.25) is 0 Å². The molecule has 1 aromatic heterocycles. The molecule has 3 rings (SSSR count). The summed E-state index contributed by atoms with van der Waals surface area (Å²) in [5.74, 6) is 1.25. The van der Waals surface area contributed by atoms with Crippen LogP contribution in [0, 0.1) is 17.4 Å². The molecule has 1 heterocycles. The van der Waals surface area contributed by atoms with Gasteiger partial charge in [0.1, 0.15) is 11.5 Å². The molecule has 25 heavy (non-hydrogen) atoms. The van der Waals surface area contributed by atoms with E-state index in [4.69, 9.17) is 4.42 Å². The molecule has 0 radical (unpaired) electrons. The molecule has 0 atom stereocenters. The van der Waals surface area contributed by atoms with E-state index >= 15 is 0 Å². The third-order valence-corrected chi connectivity index (χ3v) is 5.01. The van der Waals surface area contributed by atoms with Crippen molar-refractivity contribution in [2.75, 3.05) is 5.32 Å². The van der Waals surface area contributed by atoms with Crippen molar-refractivity contribution < 1.29 is 9.21 Å². The lowest BCUT2D eigenvalue weighted by Gasteiger charge is -2.09. The summed E-state index contributed by atoms with van der Waals surface area (Å²) in [5.41, 5.74) is 4.03. The molecule has 3 aromatic rings. The Labute approximate surface area is 160 Å². The average molecular weight is 443 g/mol. The molecule has 4 heteroatoms. The number of rotatable bonds is 4. The lowest BCUT2D eigenvalue weighted by atomic mass is 10.1. The first-order chi connectivity index (χ1) is 12.0. The normalized spacial score (nSPS) is 11.0. The number of amides is 1. The van der Waals surface area contributed by atoms with Gasteiger partial charge in [0.25, 0.3) is 0 Å². The van der Waals surface area contributed by atoms with Gasteiger partial charge < -0.3 is 9.73 Å². The lowest BCUT2D eigenvalue weighted by molar-refractivity contribution is -0.111. The van der Waals surface area contributed by atoms with Gasteiger partial charge in [0, 0.05) is 20.9 Å². The topological polar surface area (TPSA) is 42.2 Å². The van der Waals surface area contributed by atoms with E-state index in [1.807, 2.05) is 62.4 Å². The van der Waals surface area contributed by atoms with Crippen molar-refractivity contribution in [3.8, 4) is 11.3 Å². The van der Waals surface area contributed by atoms with Crippen LogP contribution in [0.5, 0.6) is 0 Å². The highest BCUT2D eigenvalue weighted by Gasteiger charge is 2.06. The van der Waals surface area contributed by atoms with Gasteiger partial charge >= 0.3 is 0 Å². The number of furan rings is 1. The van der Waals surface area contributed by atoms with Crippen LogP contribution < -0.4 is 5.32 Å². The number of aryl methyl sites for hydroxylation is 2. The van der Waals surface area contributed by atoms with E-state index in [9.17, 15) is 4.79 Å². The summed E-state index contributed by atoms with van der Waals surface area (Å²) in [6, 6.07) is 17.7. The molecule has 0 fully saturated rings. The summed E-state index contributed by atoms with van der Waals surface area (Å²) < 4.78 is 6.95. The monoisotopic (exact) mass is 443 g/mol. The van der Waals surface area contributed by atoms with Crippen LogP contribution in [-0.2, 0) is 4.79 Å². The largest absolute Gasteiger partial charge is 0.457 e. The second kappa shape index (κ2) is 7.70. The van der Waals surface area contributed by atoms with E-state index < -0.39 is 0 Å². The molecular weight excluding hydrogens is 425 g/mol. The second-order valence-corrected chi connectivity index (χ2v) is 6.97. The van der Waals surface area contributed by atoms with Crippen LogP contribution in [0.25, 0.3) is 17.4 Å². The number of halogens is 1. The van der Waals surface area contributed by atoms with Crippen molar-refractivity contribution in [2.24, 2.45) is 0 Å². The number of anilines is 1. The number of hydrogen-bond acceptors (Lipinski definition) is 2. The van der Waals surface area contributed by atoms with Gasteiger partial charge in [-0.2, -0.15) is 0 Å². The fourth-order valence-corrected chi connectivity index (χ4v) is 3.07. The lowest BCUT2D eigenvalue weighted by Crippen LogP contribution is -2.09. The van der Waals surface area contributed by atoms with Gasteiger partial charge in [0.15, 0.2) is 0 Å². The maximum Gasteiger partial charge on any atom is 0.248 e. The quantitative estimate of drug-likeness (QED) is 0.408. The molecule has 0 saturated heterocycles. The number of carbonyl (C=O) groups excluding carboxylic acids is 1. The summed E-state index contributed by atoms with van der Waals surface area (Å²) >= 11 is 2.29. The van der Waals surface area contributed by atoms with Gasteiger partial charge in [-0.3, -0.25) is 4.79 Å². The molecule has 3 nitrogen and oxygen atoms in total. The summed E-state index contributed by atoms with van der Waals surface area (Å²) in [7, 11) is 0. The van der Waals surface area contributed by atoms with Crippen LogP contribution in [0.4, 0.5) is 5.69 Å². The molecule has 126 valence electrons. The molecule has 1 N–H and O–H groups in total. The average Bonchev–Trinajstić information content (AvgIpc) is 3.08. The first kappa shape index (κ1) is 17.5. The minimum absolute atomic E-state index is 0.179. The highest BCUT2D eigenvalue weighted by molar-refractivity contribution is 14.1. The first-order valence-electron chi connectivity index (χ1n) is 7.94. The fourth-order valence-electron chi connectivity index (χ4n) is 2.45. The Balaban J connectivity index is 1.69. The summed E-state index contributed by atoms with van der Waals surface area (Å²) in [4.78, 5) is 12.2. The van der Waals surface area contributed by atoms with Gasteiger partial charge in [-0.1, -0.05) is 30.3 Å². The number of benzene rings is 2. The Morgan fingerprint density at radius 1 is 1.04 bits per heavy atom. The molecule has 0 aliphatic heterocycles. The Hall–Kier alpha value is -2.34. The molecule has 0 aliphatic rings. The van der Waals surface area contributed by atoms with Crippen LogP contribution >= 0.6 is 22.6 Å². The summed E-state index contributed by atoms with van der Waals surface area (Å²) in [6.45, 7) is 4.01. The number of nitrogens with one attached hydrogen (secondary N) is 1. The van der Waals surface area contributed by atoms with Gasteiger partial charge in [-0.25, -0.2) is 0 Å². The predicted molar refractivity (Wildman–Crippen MR) is 110 cm³/mol. The van der Waals surface area contributed by atoms with E-state index in [0.29, 0.717) is 5.76 Å². The summed E-state index contributed by atoms with van der Waals surface area (Å²) in [6.07, 6.45) is 3.16. The highest BCUT2D eigenvalue weighted by atomic mass is 127. The molecule has 0 aliphatic carbocycles. The van der Waals surface area contributed by atoms with Crippen molar-refractivity contribution in [2.45, 2.75) is 13.8 Å². The number of carbonyl (C=O) groups is 1. The van der Waals surface area contributed by atoms with Gasteiger partial charge in [0.05, 0.1) is 0 Å². The van der Waals surface area contributed by atoms with E-state index in [1.54, 1.807) is 6.08 Å². The van der Waals surface area contributed by atoms with E-state index in [0.717, 1.165) is 28.1 Å². The highest BCUT2D eigenvalue weighted by Crippen LogP contribution is 2.23. The Kier molecular flexibility index (Phi) is 5.38. The van der Waals surface area contributed by atoms with Crippen LogP contribution in [0.15, 0.2) is 65.1 Å². The predicted octanol–water partition coefficient (Wildman–Crippen LogP) is 5.82. The Morgan fingerprint density at radius 2 is 1.80 bits per heavy atom. The van der Waals surface area contributed by atoms with Gasteiger partial charge in [0.2, 0.25) is 5.91 Å². The second-order valence-electron chi connectivity index (χ2n) is 5.81. The zero-order chi connectivity index (χ0) is 17.8. The van der Waals surface area contributed by atoms with Crippen molar-refractivity contribution >= 4 is 40.3 Å². The van der Waals surface area contributed by atoms with Crippen LogP contribution in [0.3, 0.4) is 0 Å². The van der Waals surface area contributed by atoms with Gasteiger partial charge in [-0.15, -0.1) is 0 Å². The van der Waals surface area contributed by atoms with E-state index in [1.165, 1.54) is 9.65 Å². The molecular formula is C21H18INO2. The standard InChI is InChI=1S/C21H18INO2/c1-14-13-19(15(2)12-18(14)22)23-21(24)11-9-17-8-10-20(25-17)16-6-4-3-5-7-16/h3-13H,1-2H3,(H,23,24)/b11-9+. The van der Waals surface area contributed by atoms with Crippen LogP contribution in [-0.4, -0.2) is 5.91 Å². The van der Waals surface area contributed by atoms with Crippen molar-refractivity contribution in [1.82, 2.24) is 0 Å². The zero-order valence-electron chi connectivity index (χ0n) is 14.0. The Morgan fingerprint density at radius 3 is 2.56 bits per heavy atom. The molecule has 1 amide bonds. The SMILES string of the molecule is Cc1cc(NC(=O)/C=C/c2ccc(-c3ccccc3)o2)c(C)cc1I. The minimum atomic E-state index is -0.179. The minimum Gasteiger partial charge on any atom is -0.457 e. The van der Waals surface area contributed by atoms with Crippen molar-refractivity contribution in [1.29, 1.82) is 0 Å². The zero-order valence-corrected chi connectivity index (χ0v) is 16.2. The molecule has 0 spiro atoms. The van der Waals surface area contributed by atoms with Gasteiger partial charge in [-0.05, 0) is 77.9 Å². The van der Waals surface area contributed by atoms with Crippen molar-refractivity contribution in [3.63, 3.8) is 0 Å². The smallest absolute Gasteiger partial charge is 0.248 e. The van der Waals surface area contributed by atoms with E-state index in [2.05, 4.69) is 34.0 Å². The van der Waals surface area contributed by atoms with Crippen molar-refractivity contribution in [3.05, 3.63) is 81.1 Å². The summed E-state index contributed by atoms with van der Waals surface area (Å²) in [5, 5.41) is 2.92. The third-order valence-electron chi connectivity index (χ3n) is 3.85.